The summed E-state index contributed by atoms with van der Waals surface area (Å²) in [7, 11) is -4.39. The van der Waals surface area contributed by atoms with Crippen LogP contribution in [0.1, 0.15) is 12.8 Å². The van der Waals surface area contributed by atoms with E-state index in [0.717, 1.165) is 19.4 Å². The van der Waals surface area contributed by atoms with Crippen LogP contribution in [0.15, 0.2) is 0 Å². The van der Waals surface area contributed by atoms with Crippen molar-refractivity contribution in [3.63, 3.8) is 0 Å². The highest BCUT2D eigenvalue weighted by Gasteiger charge is 2.15. The van der Waals surface area contributed by atoms with E-state index >= 15 is 0 Å². The van der Waals surface area contributed by atoms with E-state index in [4.69, 9.17) is 9.47 Å². The van der Waals surface area contributed by atoms with E-state index in [1.807, 2.05) is 0 Å². The van der Waals surface area contributed by atoms with Gasteiger partial charge in [-0.25, -0.2) is 0 Å². The zero-order valence-corrected chi connectivity index (χ0v) is 8.06. The first kappa shape index (κ1) is 10.9. The van der Waals surface area contributed by atoms with Gasteiger partial charge >= 0.3 is 10.2 Å². The summed E-state index contributed by atoms with van der Waals surface area (Å²) in [5.41, 5.74) is 0. The van der Waals surface area contributed by atoms with Gasteiger partial charge in [0, 0.05) is 6.61 Å². The molecule has 1 atom stereocenters. The molecule has 0 amide bonds. The van der Waals surface area contributed by atoms with E-state index in [0.29, 0.717) is 6.61 Å². The molecular formula is C7H13FO4S. The Kier molecular flexibility index (Phi) is 4.08. The highest BCUT2D eigenvalue weighted by atomic mass is 32.3. The molecule has 78 valence electrons. The van der Waals surface area contributed by atoms with Crippen molar-refractivity contribution in [2.24, 2.45) is 0 Å². The van der Waals surface area contributed by atoms with Crippen molar-refractivity contribution in [2.45, 2.75) is 18.9 Å². The molecule has 0 aliphatic carbocycles. The van der Waals surface area contributed by atoms with Crippen LogP contribution < -0.4 is 0 Å². The molecule has 1 rings (SSSR count). The summed E-state index contributed by atoms with van der Waals surface area (Å²) in [4.78, 5) is 0. The quantitative estimate of drug-likeness (QED) is 0.491. The molecular weight excluding hydrogens is 199 g/mol. The van der Waals surface area contributed by atoms with Crippen molar-refractivity contribution in [1.29, 1.82) is 0 Å². The Balaban J connectivity index is 2.01. The number of hydrogen-bond acceptors (Lipinski definition) is 4. The summed E-state index contributed by atoms with van der Waals surface area (Å²) < 4.78 is 42.2. The van der Waals surface area contributed by atoms with E-state index in [2.05, 4.69) is 0 Å². The Morgan fingerprint density at radius 1 is 1.54 bits per heavy atom. The average molecular weight is 212 g/mol. The first-order valence-corrected chi connectivity index (χ1v) is 5.75. The second-order valence-electron chi connectivity index (χ2n) is 2.95. The van der Waals surface area contributed by atoms with Gasteiger partial charge < -0.3 is 9.47 Å². The van der Waals surface area contributed by atoms with Crippen LogP contribution in [0.5, 0.6) is 0 Å². The molecule has 0 aromatic rings. The molecule has 1 unspecified atom stereocenters. The SMILES string of the molecule is O=S(=O)(F)CCOCC1CCCO1. The topological polar surface area (TPSA) is 52.6 Å². The van der Waals surface area contributed by atoms with E-state index < -0.39 is 16.0 Å². The summed E-state index contributed by atoms with van der Waals surface area (Å²) in [6.07, 6.45) is 2.00. The molecule has 1 saturated heterocycles. The monoisotopic (exact) mass is 212 g/mol. The van der Waals surface area contributed by atoms with Gasteiger partial charge in [0.25, 0.3) is 0 Å². The molecule has 1 aliphatic heterocycles. The summed E-state index contributed by atoms with van der Waals surface area (Å²) >= 11 is 0. The second-order valence-corrected chi connectivity index (χ2v) is 4.44. The maximum absolute atomic E-state index is 12.0. The Labute approximate surface area is 77.2 Å². The zero-order valence-electron chi connectivity index (χ0n) is 7.24. The molecule has 0 saturated carbocycles. The van der Waals surface area contributed by atoms with Crippen LogP contribution in [-0.2, 0) is 19.7 Å². The summed E-state index contributed by atoms with van der Waals surface area (Å²) in [6, 6.07) is 0. The average Bonchev–Trinajstić information content (AvgIpc) is 2.48. The largest absolute Gasteiger partial charge is 0.378 e. The predicted octanol–water partition coefficient (Wildman–Crippen LogP) is 0.481. The zero-order chi connectivity index (χ0) is 9.73. The lowest BCUT2D eigenvalue weighted by molar-refractivity contribution is 0.0221. The first-order valence-electron chi connectivity index (χ1n) is 4.19. The lowest BCUT2D eigenvalue weighted by Crippen LogP contribution is -2.17. The van der Waals surface area contributed by atoms with Crippen molar-refractivity contribution in [3.8, 4) is 0 Å². The van der Waals surface area contributed by atoms with Gasteiger partial charge in [0.15, 0.2) is 0 Å². The smallest absolute Gasteiger partial charge is 0.304 e. The van der Waals surface area contributed by atoms with Crippen LogP contribution in [0.3, 0.4) is 0 Å². The fraction of sp³-hybridized carbons (Fsp3) is 1.00. The van der Waals surface area contributed by atoms with Crippen molar-refractivity contribution in [3.05, 3.63) is 0 Å². The Morgan fingerprint density at radius 3 is 2.85 bits per heavy atom. The summed E-state index contributed by atoms with van der Waals surface area (Å²) in [5.74, 6) is -0.570. The number of halogens is 1. The van der Waals surface area contributed by atoms with E-state index in [1.54, 1.807) is 0 Å². The standard InChI is InChI=1S/C7H13FO4S/c8-13(9,10)5-4-11-6-7-2-1-3-12-7/h7H,1-6H2. The van der Waals surface area contributed by atoms with Crippen molar-refractivity contribution in [2.75, 3.05) is 25.6 Å². The van der Waals surface area contributed by atoms with Crippen LogP contribution in [0.2, 0.25) is 0 Å². The van der Waals surface area contributed by atoms with Gasteiger partial charge in [0.2, 0.25) is 0 Å². The first-order chi connectivity index (χ1) is 6.08. The van der Waals surface area contributed by atoms with Crippen LogP contribution in [0.25, 0.3) is 0 Å². The van der Waals surface area contributed by atoms with E-state index in [9.17, 15) is 12.3 Å². The van der Waals surface area contributed by atoms with Crippen molar-refractivity contribution in [1.82, 2.24) is 0 Å². The maximum atomic E-state index is 12.0. The van der Waals surface area contributed by atoms with Crippen LogP contribution in [0.4, 0.5) is 3.89 Å². The van der Waals surface area contributed by atoms with Gasteiger partial charge in [-0.3, -0.25) is 0 Å². The minimum Gasteiger partial charge on any atom is -0.378 e. The Bertz CT molecular complexity index is 233. The predicted molar refractivity (Wildman–Crippen MR) is 44.7 cm³/mol. The number of rotatable bonds is 5. The molecule has 0 bridgehead atoms. The third-order valence-corrected chi connectivity index (χ3v) is 2.45. The maximum Gasteiger partial charge on any atom is 0.304 e. The molecule has 0 spiro atoms. The van der Waals surface area contributed by atoms with E-state index in [-0.39, 0.29) is 12.7 Å². The number of ether oxygens (including phenoxy) is 2. The van der Waals surface area contributed by atoms with Gasteiger partial charge in [-0.05, 0) is 12.8 Å². The lowest BCUT2D eigenvalue weighted by Gasteiger charge is -2.08. The normalized spacial score (nSPS) is 23.6. The van der Waals surface area contributed by atoms with Gasteiger partial charge in [0.05, 0.1) is 19.3 Å². The molecule has 1 heterocycles. The Hall–Kier alpha value is -0.200. The van der Waals surface area contributed by atoms with E-state index in [1.165, 1.54) is 0 Å². The molecule has 0 N–H and O–H groups in total. The van der Waals surface area contributed by atoms with Crippen LogP contribution in [0, 0.1) is 0 Å². The molecule has 1 fully saturated rings. The van der Waals surface area contributed by atoms with Gasteiger partial charge in [-0.15, -0.1) is 3.89 Å². The second kappa shape index (κ2) is 4.88. The Morgan fingerprint density at radius 2 is 2.31 bits per heavy atom. The summed E-state index contributed by atoms with van der Waals surface area (Å²) in [6.45, 7) is 0.990. The molecule has 1 aliphatic rings. The molecule has 13 heavy (non-hydrogen) atoms. The van der Waals surface area contributed by atoms with Gasteiger partial charge in [-0.2, -0.15) is 8.42 Å². The highest BCUT2D eigenvalue weighted by Crippen LogP contribution is 2.11. The minimum atomic E-state index is -4.39. The molecule has 0 aromatic heterocycles. The lowest BCUT2D eigenvalue weighted by atomic mass is 10.2. The van der Waals surface area contributed by atoms with Gasteiger partial charge in [0.1, 0.15) is 5.75 Å². The minimum absolute atomic E-state index is 0.0577. The van der Waals surface area contributed by atoms with Gasteiger partial charge in [-0.1, -0.05) is 0 Å². The highest BCUT2D eigenvalue weighted by molar-refractivity contribution is 7.86. The molecule has 4 nitrogen and oxygen atoms in total. The number of hydrogen-bond donors (Lipinski definition) is 0. The molecule has 6 heteroatoms. The summed E-state index contributed by atoms with van der Waals surface area (Å²) in [5, 5.41) is 0. The molecule has 0 radical (unpaired) electrons. The van der Waals surface area contributed by atoms with Crippen molar-refractivity contribution < 1.29 is 21.8 Å². The van der Waals surface area contributed by atoms with Crippen LogP contribution in [-0.4, -0.2) is 40.1 Å². The molecule has 0 aromatic carbocycles. The fourth-order valence-corrected chi connectivity index (χ4v) is 1.47. The fourth-order valence-electron chi connectivity index (χ4n) is 1.15. The third kappa shape index (κ3) is 5.17. The third-order valence-electron chi connectivity index (χ3n) is 1.80. The van der Waals surface area contributed by atoms with Crippen molar-refractivity contribution >= 4 is 10.2 Å². The van der Waals surface area contributed by atoms with Crippen LogP contribution >= 0.6 is 0 Å².